The molecule has 0 fully saturated rings. The van der Waals surface area contributed by atoms with Crippen LogP contribution in [0, 0.1) is 6.10 Å². The van der Waals surface area contributed by atoms with Gasteiger partial charge >= 0.3 is 0 Å². The average molecular weight is 677 g/mol. The van der Waals surface area contributed by atoms with Crippen molar-refractivity contribution in [3.63, 3.8) is 0 Å². The molecule has 6 aromatic rings. The molecular weight excluding hydrogens is 649 g/mol. The molecule has 3 aromatic carbocycles. The molecule has 3 aliphatic rings. The Balaban J connectivity index is 1.47. The molecule has 2 aliphatic heterocycles. The Morgan fingerprint density at radius 3 is 1.42 bits per heavy atom. The normalized spacial score (nSPS) is 13.9. The predicted octanol–water partition coefficient (Wildman–Crippen LogP) is 8.48. The standard InChI is InChI=1S/C44H28N4O4/c49-37-21-11-27(23-39(37)51)43-33-17-13-29(45-33)41(25-7-3-1-4-8-25)30-14-18-34(46-30)44(28-12-22-38(50)40(52)24-28)36-20-16-32(48-36)42(26-9-5-2-6-10-26)31-15-19-35(43)47-31/h1-24,45,48-49,51H/q-1. The van der Waals surface area contributed by atoms with Gasteiger partial charge < -0.3 is 25.3 Å². The molecule has 0 saturated carbocycles. The van der Waals surface area contributed by atoms with Gasteiger partial charge in [-0.15, -0.1) is 0 Å². The van der Waals surface area contributed by atoms with E-state index in [1.165, 1.54) is 24.3 Å². The van der Waals surface area contributed by atoms with E-state index in [1.807, 2.05) is 109 Å². The van der Waals surface area contributed by atoms with E-state index in [9.17, 15) is 20.1 Å². The Bertz CT molecular complexity index is 2700. The highest BCUT2D eigenvalue weighted by molar-refractivity contribution is 6.08. The summed E-state index contributed by atoms with van der Waals surface area (Å²) in [6.45, 7) is 0. The lowest BCUT2D eigenvalue weighted by Gasteiger charge is -2.19. The number of phenolic OH excluding ortho intramolecular Hbond substituents is 2. The zero-order valence-corrected chi connectivity index (χ0v) is 27.5. The van der Waals surface area contributed by atoms with Gasteiger partial charge in [-0.3, -0.25) is 4.79 Å². The molecule has 4 N–H and O–H groups in total. The van der Waals surface area contributed by atoms with Crippen molar-refractivity contribution in [1.29, 1.82) is 0 Å². The van der Waals surface area contributed by atoms with Gasteiger partial charge in [0.25, 0.3) is 0 Å². The summed E-state index contributed by atoms with van der Waals surface area (Å²) in [5.74, 6) is -1.02. The third kappa shape index (κ3) is 5.35. The van der Waals surface area contributed by atoms with E-state index in [0.717, 1.165) is 44.4 Å². The lowest BCUT2D eigenvalue weighted by atomic mass is 9.96. The Morgan fingerprint density at radius 2 is 0.942 bits per heavy atom. The first-order valence-corrected chi connectivity index (χ1v) is 16.7. The number of ketones is 1. The second-order valence-corrected chi connectivity index (χ2v) is 12.6. The van der Waals surface area contributed by atoms with Crippen molar-refractivity contribution in [2.75, 3.05) is 0 Å². The molecule has 249 valence electrons. The molecule has 8 bridgehead atoms. The number of carbonyl (C=O) groups excluding carboxylic acids is 1. The van der Waals surface area contributed by atoms with E-state index in [2.05, 4.69) is 9.97 Å². The lowest BCUT2D eigenvalue weighted by molar-refractivity contribution is -0.331. The summed E-state index contributed by atoms with van der Waals surface area (Å²) in [5, 5.41) is 33.5. The summed E-state index contributed by atoms with van der Waals surface area (Å²) in [6, 6.07) is 32.6. The number of benzene rings is 3. The molecular formula is C44H28N4O4-. The van der Waals surface area contributed by atoms with Gasteiger partial charge in [0.2, 0.25) is 0 Å². The van der Waals surface area contributed by atoms with Crippen LogP contribution in [0.2, 0.25) is 0 Å². The molecule has 5 heterocycles. The maximum Gasteiger partial charge on any atom is 0.158 e. The van der Waals surface area contributed by atoms with Crippen molar-refractivity contribution >= 4 is 57.7 Å². The highest BCUT2D eigenvalue weighted by Crippen LogP contribution is 2.39. The number of phenols is 2. The number of rotatable bonds is 4. The summed E-state index contributed by atoms with van der Waals surface area (Å²) in [4.78, 5) is 29.8. The van der Waals surface area contributed by atoms with Crippen molar-refractivity contribution < 1.29 is 20.1 Å². The van der Waals surface area contributed by atoms with Gasteiger partial charge in [0.1, 0.15) is 5.78 Å². The molecule has 1 radical (unpaired) electrons. The Labute approximate surface area is 297 Å². The van der Waals surface area contributed by atoms with Crippen LogP contribution in [0.15, 0.2) is 121 Å². The van der Waals surface area contributed by atoms with Gasteiger partial charge in [0.15, 0.2) is 11.5 Å². The van der Waals surface area contributed by atoms with Crippen LogP contribution < -0.4 is 5.11 Å². The first kappa shape index (κ1) is 31.0. The third-order valence-electron chi connectivity index (χ3n) is 9.38. The van der Waals surface area contributed by atoms with Crippen LogP contribution in [-0.2, 0) is 4.79 Å². The SMILES string of the molecule is O=C1C=CC(c2c3nc(c(-c4ccccc4)c4ccc([nH]4)c(-c4ccc(O)c(O)c4)c4nc(c(-c5ccccc5)c5ccc2[nH]5)C=C4)C=C3)=C[C]1[O-]. The fraction of sp³-hybridized carbons (Fsp3) is 0. The van der Waals surface area contributed by atoms with Crippen LogP contribution in [0.1, 0.15) is 28.3 Å². The van der Waals surface area contributed by atoms with E-state index < -0.39 is 11.9 Å². The number of fused-ring (bicyclic) bond motifs is 8. The number of hydrogen-bond acceptors (Lipinski definition) is 6. The maximum absolute atomic E-state index is 12.7. The lowest BCUT2D eigenvalue weighted by Crippen LogP contribution is -2.23. The van der Waals surface area contributed by atoms with E-state index >= 15 is 0 Å². The van der Waals surface area contributed by atoms with Crippen molar-refractivity contribution in [2.24, 2.45) is 0 Å². The molecule has 0 atom stereocenters. The summed E-state index contributed by atoms with van der Waals surface area (Å²) in [7, 11) is 0. The van der Waals surface area contributed by atoms with Crippen LogP contribution >= 0.6 is 0 Å². The van der Waals surface area contributed by atoms with Crippen LogP contribution in [0.5, 0.6) is 11.5 Å². The van der Waals surface area contributed by atoms with E-state index in [0.29, 0.717) is 45.0 Å². The zero-order chi connectivity index (χ0) is 35.3. The second kappa shape index (κ2) is 12.4. The molecule has 9 rings (SSSR count). The number of nitrogens with one attached hydrogen (secondary N) is 2. The minimum Gasteiger partial charge on any atom is -0.841 e. The number of hydrogen-bond donors (Lipinski definition) is 4. The smallest absolute Gasteiger partial charge is 0.158 e. The van der Waals surface area contributed by atoms with Gasteiger partial charge in [-0.1, -0.05) is 78.9 Å². The van der Waals surface area contributed by atoms with Crippen molar-refractivity contribution in [3.05, 3.63) is 156 Å². The summed E-state index contributed by atoms with van der Waals surface area (Å²) < 4.78 is 0. The van der Waals surface area contributed by atoms with Crippen molar-refractivity contribution in [2.45, 2.75) is 0 Å². The second-order valence-electron chi connectivity index (χ2n) is 12.6. The summed E-state index contributed by atoms with van der Waals surface area (Å²) >= 11 is 0. The zero-order valence-electron chi connectivity index (χ0n) is 27.5. The van der Waals surface area contributed by atoms with Crippen LogP contribution in [0.4, 0.5) is 0 Å². The average Bonchev–Trinajstić information content (AvgIpc) is 4.00. The van der Waals surface area contributed by atoms with Gasteiger partial charge in [-0.05, 0) is 95.1 Å². The van der Waals surface area contributed by atoms with Gasteiger partial charge in [-0.25, -0.2) is 9.97 Å². The van der Waals surface area contributed by atoms with E-state index in [-0.39, 0.29) is 11.5 Å². The Hall–Kier alpha value is -7.03. The third-order valence-corrected chi connectivity index (χ3v) is 9.38. The molecule has 0 spiro atoms. The number of aromatic amines is 2. The summed E-state index contributed by atoms with van der Waals surface area (Å²) in [5.41, 5.74) is 11.9. The predicted molar refractivity (Wildman–Crippen MR) is 204 cm³/mol. The van der Waals surface area contributed by atoms with E-state index in [1.54, 1.807) is 12.1 Å². The summed E-state index contributed by atoms with van der Waals surface area (Å²) in [6.07, 6.45) is 11.5. The first-order chi connectivity index (χ1) is 25.4. The molecule has 3 aromatic heterocycles. The fourth-order valence-electron chi connectivity index (χ4n) is 6.97. The minimum atomic E-state index is -0.592. The van der Waals surface area contributed by atoms with Crippen molar-refractivity contribution in [1.82, 2.24) is 19.9 Å². The van der Waals surface area contributed by atoms with Crippen LogP contribution in [0.25, 0.3) is 85.3 Å². The van der Waals surface area contributed by atoms with Crippen LogP contribution in [-0.4, -0.2) is 35.9 Å². The van der Waals surface area contributed by atoms with Crippen LogP contribution in [0.3, 0.4) is 0 Å². The molecule has 0 amide bonds. The monoisotopic (exact) mass is 676 g/mol. The highest BCUT2D eigenvalue weighted by atomic mass is 16.3. The minimum absolute atomic E-state index is 0.215. The number of allylic oxidation sites excluding steroid dienone is 2. The fourth-order valence-corrected chi connectivity index (χ4v) is 6.97. The molecule has 1 aliphatic carbocycles. The largest absolute Gasteiger partial charge is 0.841 e. The Kier molecular flexibility index (Phi) is 7.38. The molecule has 0 saturated heterocycles. The molecule has 8 nitrogen and oxygen atoms in total. The molecule has 8 heteroatoms. The molecule has 52 heavy (non-hydrogen) atoms. The van der Waals surface area contributed by atoms with E-state index in [4.69, 9.17) is 9.97 Å². The number of nitrogens with zero attached hydrogens (tertiary/aromatic N) is 2. The van der Waals surface area contributed by atoms with Gasteiger partial charge in [-0.2, -0.15) is 0 Å². The Morgan fingerprint density at radius 1 is 0.481 bits per heavy atom. The van der Waals surface area contributed by atoms with Gasteiger partial charge in [0.05, 0.1) is 22.8 Å². The topological polar surface area (TPSA) is 138 Å². The number of aromatic hydroxyl groups is 2. The highest BCUT2D eigenvalue weighted by Gasteiger charge is 2.20. The maximum atomic E-state index is 12.7. The number of carbonyl (C=O) groups is 1. The number of H-pyrrole nitrogens is 2. The van der Waals surface area contributed by atoms with Gasteiger partial charge in [0, 0.05) is 44.3 Å². The quantitative estimate of drug-likeness (QED) is 0.138. The van der Waals surface area contributed by atoms with Crippen molar-refractivity contribution in [3.8, 4) is 44.9 Å². The molecule has 0 unspecified atom stereocenters. The number of aromatic nitrogens is 4. The first-order valence-electron chi connectivity index (χ1n) is 16.7.